The molecule has 1 aromatic heterocycles. The predicted octanol–water partition coefficient (Wildman–Crippen LogP) is 4.94. The van der Waals surface area contributed by atoms with Gasteiger partial charge in [0.15, 0.2) is 5.78 Å². The standard InChI is InChI=1S/C21H22N2O/c1-2-19-18-13-12-16(21(24)15-8-4-3-5-9-15)14-20(18)23(22-19)17-10-6-7-11-17/h3-5,8-9,12-14,17H,2,6-7,10-11H2,1H3. The van der Waals surface area contributed by atoms with Gasteiger partial charge in [-0.05, 0) is 25.3 Å². The number of nitrogens with zero attached hydrogens (tertiary/aromatic N) is 2. The second kappa shape index (κ2) is 6.23. The summed E-state index contributed by atoms with van der Waals surface area (Å²) in [5, 5.41) is 6.06. The highest BCUT2D eigenvalue weighted by Crippen LogP contribution is 2.33. The van der Waals surface area contributed by atoms with Gasteiger partial charge in [0.2, 0.25) is 0 Å². The molecular weight excluding hydrogens is 296 g/mol. The van der Waals surface area contributed by atoms with E-state index in [4.69, 9.17) is 5.10 Å². The van der Waals surface area contributed by atoms with Crippen LogP contribution in [-0.2, 0) is 6.42 Å². The first-order valence-electron chi connectivity index (χ1n) is 8.89. The van der Waals surface area contributed by atoms with Crippen LogP contribution in [0.25, 0.3) is 10.9 Å². The van der Waals surface area contributed by atoms with E-state index in [1.54, 1.807) is 0 Å². The van der Waals surface area contributed by atoms with Crippen molar-refractivity contribution >= 4 is 16.7 Å². The maximum atomic E-state index is 12.8. The average molecular weight is 318 g/mol. The summed E-state index contributed by atoms with van der Waals surface area (Å²) in [4.78, 5) is 12.8. The van der Waals surface area contributed by atoms with Crippen LogP contribution in [0.4, 0.5) is 0 Å². The number of hydrogen-bond donors (Lipinski definition) is 0. The molecule has 1 fully saturated rings. The molecule has 1 heterocycles. The first-order chi connectivity index (χ1) is 11.8. The summed E-state index contributed by atoms with van der Waals surface area (Å²) >= 11 is 0. The lowest BCUT2D eigenvalue weighted by atomic mass is 10.0. The summed E-state index contributed by atoms with van der Waals surface area (Å²) in [6, 6.07) is 16.0. The summed E-state index contributed by atoms with van der Waals surface area (Å²) in [5.74, 6) is 0.0784. The number of fused-ring (bicyclic) bond motifs is 1. The van der Waals surface area contributed by atoms with Gasteiger partial charge in [-0.2, -0.15) is 5.10 Å². The van der Waals surface area contributed by atoms with Crippen LogP contribution < -0.4 is 0 Å². The molecule has 1 saturated carbocycles. The van der Waals surface area contributed by atoms with Gasteiger partial charge in [-0.15, -0.1) is 0 Å². The van der Waals surface area contributed by atoms with Gasteiger partial charge in [-0.25, -0.2) is 0 Å². The van der Waals surface area contributed by atoms with Crippen LogP contribution in [0.3, 0.4) is 0 Å². The van der Waals surface area contributed by atoms with Crippen LogP contribution in [0, 0.1) is 0 Å². The lowest BCUT2D eigenvalue weighted by Gasteiger charge is -2.11. The topological polar surface area (TPSA) is 34.9 Å². The highest BCUT2D eigenvalue weighted by Gasteiger charge is 2.22. The van der Waals surface area contributed by atoms with E-state index in [9.17, 15) is 4.79 Å². The molecule has 1 aliphatic carbocycles. The molecule has 0 aliphatic heterocycles. The zero-order valence-corrected chi connectivity index (χ0v) is 14.0. The van der Waals surface area contributed by atoms with Crippen molar-refractivity contribution in [1.29, 1.82) is 0 Å². The fraction of sp³-hybridized carbons (Fsp3) is 0.333. The number of benzene rings is 2. The number of aromatic nitrogens is 2. The van der Waals surface area contributed by atoms with Crippen molar-refractivity contribution in [2.45, 2.75) is 45.1 Å². The summed E-state index contributed by atoms with van der Waals surface area (Å²) < 4.78 is 2.18. The molecule has 2 aromatic carbocycles. The Hall–Kier alpha value is -2.42. The Labute approximate surface area is 142 Å². The van der Waals surface area contributed by atoms with E-state index in [1.165, 1.54) is 31.1 Å². The molecule has 24 heavy (non-hydrogen) atoms. The molecule has 122 valence electrons. The van der Waals surface area contributed by atoms with Crippen molar-refractivity contribution in [3.05, 3.63) is 65.4 Å². The highest BCUT2D eigenvalue weighted by atomic mass is 16.1. The van der Waals surface area contributed by atoms with Crippen LogP contribution in [0.1, 0.15) is 60.3 Å². The minimum atomic E-state index is 0.0784. The third-order valence-electron chi connectivity index (χ3n) is 5.09. The quantitative estimate of drug-likeness (QED) is 0.638. The van der Waals surface area contributed by atoms with Crippen molar-refractivity contribution in [3.8, 4) is 0 Å². The number of rotatable bonds is 4. The summed E-state index contributed by atoms with van der Waals surface area (Å²) in [6.45, 7) is 2.14. The normalized spacial score (nSPS) is 15.2. The molecule has 0 atom stereocenters. The lowest BCUT2D eigenvalue weighted by molar-refractivity contribution is 0.103. The minimum absolute atomic E-state index is 0.0784. The van der Waals surface area contributed by atoms with E-state index in [1.807, 2.05) is 42.5 Å². The molecule has 0 saturated heterocycles. The number of aryl methyl sites for hydroxylation is 1. The van der Waals surface area contributed by atoms with Crippen LogP contribution in [0.15, 0.2) is 48.5 Å². The fourth-order valence-corrected chi connectivity index (χ4v) is 3.79. The summed E-state index contributed by atoms with van der Waals surface area (Å²) in [5.41, 5.74) is 3.73. The largest absolute Gasteiger partial charge is 0.289 e. The van der Waals surface area contributed by atoms with Gasteiger partial charge in [-0.1, -0.05) is 62.2 Å². The monoisotopic (exact) mass is 318 g/mol. The van der Waals surface area contributed by atoms with Crippen molar-refractivity contribution in [3.63, 3.8) is 0 Å². The minimum Gasteiger partial charge on any atom is -0.289 e. The van der Waals surface area contributed by atoms with Crippen molar-refractivity contribution in [2.75, 3.05) is 0 Å². The van der Waals surface area contributed by atoms with E-state index in [2.05, 4.69) is 17.7 Å². The fourth-order valence-electron chi connectivity index (χ4n) is 3.79. The molecule has 0 radical (unpaired) electrons. The van der Waals surface area contributed by atoms with Gasteiger partial charge in [-0.3, -0.25) is 9.48 Å². The Bertz CT molecular complexity index is 873. The Morgan fingerprint density at radius 1 is 1.08 bits per heavy atom. The molecule has 0 unspecified atom stereocenters. The molecule has 3 aromatic rings. The SMILES string of the molecule is CCc1nn(C2CCCC2)c2cc(C(=O)c3ccccc3)ccc12. The Balaban J connectivity index is 1.81. The zero-order chi connectivity index (χ0) is 16.5. The van der Waals surface area contributed by atoms with Gasteiger partial charge < -0.3 is 0 Å². The van der Waals surface area contributed by atoms with Gasteiger partial charge >= 0.3 is 0 Å². The van der Waals surface area contributed by atoms with Gasteiger partial charge in [0.25, 0.3) is 0 Å². The van der Waals surface area contributed by atoms with Crippen LogP contribution in [0.5, 0.6) is 0 Å². The number of hydrogen-bond acceptors (Lipinski definition) is 2. The molecule has 0 N–H and O–H groups in total. The number of carbonyl (C=O) groups excluding carboxylic acids is 1. The van der Waals surface area contributed by atoms with Crippen LogP contribution in [0.2, 0.25) is 0 Å². The molecule has 0 spiro atoms. The van der Waals surface area contributed by atoms with Crippen molar-refractivity contribution in [1.82, 2.24) is 9.78 Å². The van der Waals surface area contributed by atoms with Crippen molar-refractivity contribution < 1.29 is 4.79 Å². The molecule has 0 amide bonds. The third kappa shape index (κ3) is 2.54. The van der Waals surface area contributed by atoms with E-state index in [0.717, 1.165) is 28.8 Å². The summed E-state index contributed by atoms with van der Waals surface area (Å²) in [6.07, 6.45) is 5.85. The summed E-state index contributed by atoms with van der Waals surface area (Å²) in [7, 11) is 0. The maximum Gasteiger partial charge on any atom is 0.193 e. The molecular formula is C21H22N2O. The second-order valence-electron chi connectivity index (χ2n) is 6.61. The molecule has 3 nitrogen and oxygen atoms in total. The predicted molar refractivity (Wildman–Crippen MR) is 96.5 cm³/mol. The Kier molecular flexibility index (Phi) is 3.93. The van der Waals surface area contributed by atoms with Crippen LogP contribution >= 0.6 is 0 Å². The first kappa shape index (κ1) is 15.1. The van der Waals surface area contributed by atoms with Crippen molar-refractivity contribution in [2.24, 2.45) is 0 Å². The molecule has 3 heteroatoms. The van der Waals surface area contributed by atoms with E-state index < -0.39 is 0 Å². The van der Waals surface area contributed by atoms with Gasteiger partial charge in [0.05, 0.1) is 17.3 Å². The first-order valence-corrected chi connectivity index (χ1v) is 8.89. The molecule has 1 aliphatic rings. The van der Waals surface area contributed by atoms with Gasteiger partial charge in [0.1, 0.15) is 0 Å². The molecule has 0 bridgehead atoms. The average Bonchev–Trinajstić information content (AvgIpc) is 3.28. The third-order valence-corrected chi connectivity index (χ3v) is 5.09. The smallest absolute Gasteiger partial charge is 0.193 e. The van der Waals surface area contributed by atoms with Gasteiger partial charge in [0, 0.05) is 16.5 Å². The lowest BCUT2D eigenvalue weighted by Crippen LogP contribution is -2.07. The maximum absolute atomic E-state index is 12.8. The van der Waals surface area contributed by atoms with E-state index in [-0.39, 0.29) is 5.78 Å². The zero-order valence-electron chi connectivity index (χ0n) is 14.0. The molecule has 4 rings (SSSR count). The van der Waals surface area contributed by atoms with E-state index in [0.29, 0.717) is 6.04 Å². The highest BCUT2D eigenvalue weighted by molar-refractivity contribution is 6.10. The Morgan fingerprint density at radius 2 is 1.83 bits per heavy atom. The Morgan fingerprint density at radius 3 is 2.54 bits per heavy atom. The second-order valence-corrected chi connectivity index (χ2v) is 6.61. The van der Waals surface area contributed by atoms with E-state index >= 15 is 0 Å². The number of carbonyl (C=O) groups is 1. The van der Waals surface area contributed by atoms with Crippen LogP contribution in [-0.4, -0.2) is 15.6 Å². The number of ketones is 1.